The number of sulfonamides is 1. The summed E-state index contributed by atoms with van der Waals surface area (Å²) in [6.07, 6.45) is 2.05. The maximum absolute atomic E-state index is 11.2. The minimum Gasteiger partial charge on any atom is -0.225 e. The minimum absolute atomic E-state index is 0.128. The van der Waals surface area contributed by atoms with Crippen molar-refractivity contribution in [2.45, 2.75) is 11.8 Å². The van der Waals surface area contributed by atoms with Crippen molar-refractivity contribution in [3.63, 3.8) is 0 Å². The number of nitrogens with two attached hydrogens (primary N) is 1. The van der Waals surface area contributed by atoms with Gasteiger partial charge in [-0.1, -0.05) is 48.5 Å². The van der Waals surface area contributed by atoms with E-state index in [1.807, 2.05) is 43.3 Å². The van der Waals surface area contributed by atoms with E-state index in [2.05, 4.69) is 0 Å². The monoisotopic (exact) mass is 273 g/mol. The highest BCUT2D eigenvalue weighted by molar-refractivity contribution is 7.89. The van der Waals surface area contributed by atoms with Gasteiger partial charge in [0.1, 0.15) is 0 Å². The van der Waals surface area contributed by atoms with Gasteiger partial charge in [0.15, 0.2) is 0 Å². The van der Waals surface area contributed by atoms with Gasteiger partial charge in [0.25, 0.3) is 0 Å². The molecule has 0 atom stereocenters. The summed E-state index contributed by atoms with van der Waals surface area (Å²) < 4.78 is 22.3. The van der Waals surface area contributed by atoms with Gasteiger partial charge in [-0.3, -0.25) is 0 Å². The second kappa shape index (κ2) is 5.38. The topological polar surface area (TPSA) is 60.2 Å². The smallest absolute Gasteiger partial charge is 0.225 e. The van der Waals surface area contributed by atoms with E-state index in [4.69, 9.17) is 5.14 Å². The van der Waals surface area contributed by atoms with Gasteiger partial charge in [-0.15, -0.1) is 0 Å². The first kappa shape index (κ1) is 13.5. The molecule has 0 aliphatic carbocycles. The van der Waals surface area contributed by atoms with Crippen LogP contribution in [0.2, 0.25) is 0 Å². The zero-order chi connectivity index (χ0) is 13.9. The summed E-state index contributed by atoms with van der Waals surface area (Å²) in [6, 6.07) is 16.5. The maximum atomic E-state index is 11.2. The molecule has 0 aromatic heterocycles. The van der Waals surface area contributed by atoms with Crippen molar-refractivity contribution in [2.75, 3.05) is 0 Å². The maximum Gasteiger partial charge on any atom is 0.238 e. The van der Waals surface area contributed by atoms with Gasteiger partial charge in [0.05, 0.1) is 4.90 Å². The fourth-order valence-electron chi connectivity index (χ4n) is 1.79. The highest BCUT2D eigenvalue weighted by atomic mass is 32.2. The summed E-state index contributed by atoms with van der Waals surface area (Å²) in [5.74, 6) is 0. The quantitative estimate of drug-likeness (QED) is 0.874. The molecule has 2 rings (SSSR count). The minimum atomic E-state index is -3.62. The second-order valence-electron chi connectivity index (χ2n) is 4.31. The van der Waals surface area contributed by atoms with Gasteiger partial charge in [-0.2, -0.15) is 0 Å². The molecule has 0 saturated heterocycles. The lowest BCUT2D eigenvalue weighted by molar-refractivity contribution is 0.598. The van der Waals surface area contributed by atoms with Gasteiger partial charge in [-0.05, 0) is 35.8 Å². The van der Waals surface area contributed by atoms with Gasteiger partial charge >= 0.3 is 0 Å². The van der Waals surface area contributed by atoms with Gasteiger partial charge < -0.3 is 0 Å². The van der Waals surface area contributed by atoms with E-state index in [1.165, 1.54) is 12.1 Å². The van der Waals surface area contributed by atoms with E-state index < -0.39 is 10.0 Å². The van der Waals surface area contributed by atoms with Crippen LogP contribution in [-0.4, -0.2) is 8.42 Å². The van der Waals surface area contributed by atoms with Crippen LogP contribution in [0.3, 0.4) is 0 Å². The van der Waals surface area contributed by atoms with Crippen LogP contribution < -0.4 is 5.14 Å². The SMILES string of the molecule is CC(=Cc1ccccc1)c1ccc(S(N)(=O)=O)cc1. The van der Waals surface area contributed by atoms with E-state index in [0.717, 1.165) is 16.7 Å². The first-order valence-electron chi connectivity index (χ1n) is 5.83. The molecule has 3 nitrogen and oxygen atoms in total. The molecule has 4 heteroatoms. The van der Waals surface area contributed by atoms with Crippen molar-refractivity contribution in [1.82, 2.24) is 0 Å². The molecule has 2 aromatic rings. The molecule has 2 aromatic carbocycles. The van der Waals surface area contributed by atoms with Crippen LogP contribution in [0.4, 0.5) is 0 Å². The zero-order valence-electron chi connectivity index (χ0n) is 10.6. The molecular weight excluding hydrogens is 258 g/mol. The summed E-state index contributed by atoms with van der Waals surface area (Å²) in [5, 5.41) is 5.06. The number of rotatable bonds is 3. The van der Waals surface area contributed by atoms with Crippen LogP contribution in [0.15, 0.2) is 59.5 Å². The van der Waals surface area contributed by atoms with E-state index >= 15 is 0 Å². The number of allylic oxidation sites excluding steroid dienone is 1. The molecule has 0 spiro atoms. The fraction of sp³-hybridized carbons (Fsp3) is 0.0667. The molecule has 0 saturated carbocycles. The summed E-state index contributed by atoms with van der Waals surface area (Å²) in [7, 11) is -3.62. The fourth-order valence-corrected chi connectivity index (χ4v) is 2.31. The number of benzene rings is 2. The van der Waals surface area contributed by atoms with Crippen LogP contribution in [0.1, 0.15) is 18.1 Å². The molecule has 0 amide bonds. The molecule has 0 aliphatic rings. The molecule has 0 aliphatic heterocycles. The summed E-state index contributed by atoms with van der Waals surface area (Å²) in [4.78, 5) is 0.128. The lowest BCUT2D eigenvalue weighted by atomic mass is 10.0. The average Bonchev–Trinajstić information content (AvgIpc) is 2.39. The third-order valence-corrected chi connectivity index (χ3v) is 3.75. The lowest BCUT2D eigenvalue weighted by Gasteiger charge is -2.04. The third-order valence-electron chi connectivity index (χ3n) is 2.82. The van der Waals surface area contributed by atoms with E-state index in [9.17, 15) is 8.42 Å². The normalized spacial score (nSPS) is 12.4. The van der Waals surface area contributed by atoms with Crippen molar-refractivity contribution in [2.24, 2.45) is 5.14 Å². The molecular formula is C15H15NO2S. The Morgan fingerprint density at radius 1 is 1.00 bits per heavy atom. The number of primary sulfonamides is 1. The predicted molar refractivity (Wildman–Crippen MR) is 77.8 cm³/mol. The Balaban J connectivity index is 2.30. The van der Waals surface area contributed by atoms with E-state index in [1.54, 1.807) is 12.1 Å². The largest absolute Gasteiger partial charge is 0.238 e. The van der Waals surface area contributed by atoms with Crippen LogP contribution in [0.25, 0.3) is 11.6 Å². The number of hydrogen-bond acceptors (Lipinski definition) is 2. The van der Waals surface area contributed by atoms with Gasteiger partial charge in [-0.25, -0.2) is 13.6 Å². The van der Waals surface area contributed by atoms with Crippen molar-refractivity contribution in [3.05, 3.63) is 65.7 Å². The lowest BCUT2D eigenvalue weighted by Crippen LogP contribution is -2.11. The Labute approximate surface area is 113 Å². The Morgan fingerprint density at radius 3 is 2.11 bits per heavy atom. The third kappa shape index (κ3) is 3.53. The van der Waals surface area contributed by atoms with Crippen LogP contribution in [0.5, 0.6) is 0 Å². The predicted octanol–water partition coefficient (Wildman–Crippen LogP) is 2.89. The highest BCUT2D eigenvalue weighted by Crippen LogP contribution is 2.19. The van der Waals surface area contributed by atoms with Gasteiger partial charge in [0, 0.05) is 0 Å². The van der Waals surface area contributed by atoms with Crippen LogP contribution in [-0.2, 0) is 10.0 Å². The Morgan fingerprint density at radius 2 is 1.58 bits per heavy atom. The van der Waals surface area contributed by atoms with E-state index in [0.29, 0.717) is 0 Å². The van der Waals surface area contributed by atoms with E-state index in [-0.39, 0.29) is 4.90 Å². The summed E-state index contributed by atoms with van der Waals surface area (Å²) >= 11 is 0. The first-order chi connectivity index (χ1) is 8.97. The molecule has 2 N–H and O–H groups in total. The zero-order valence-corrected chi connectivity index (χ0v) is 11.4. The van der Waals surface area contributed by atoms with Crippen LogP contribution >= 0.6 is 0 Å². The van der Waals surface area contributed by atoms with Crippen molar-refractivity contribution in [3.8, 4) is 0 Å². The molecule has 98 valence electrons. The van der Waals surface area contributed by atoms with Crippen molar-refractivity contribution in [1.29, 1.82) is 0 Å². The van der Waals surface area contributed by atoms with Crippen LogP contribution in [0, 0.1) is 0 Å². The number of hydrogen-bond donors (Lipinski definition) is 1. The Kier molecular flexibility index (Phi) is 3.83. The second-order valence-corrected chi connectivity index (χ2v) is 5.87. The highest BCUT2D eigenvalue weighted by Gasteiger charge is 2.06. The molecule has 0 fully saturated rings. The Bertz CT molecular complexity index is 687. The molecule has 0 bridgehead atoms. The molecule has 0 radical (unpaired) electrons. The summed E-state index contributed by atoms with van der Waals surface area (Å²) in [6.45, 7) is 1.99. The summed E-state index contributed by atoms with van der Waals surface area (Å²) in [5.41, 5.74) is 3.14. The van der Waals surface area contributed by atoms with Crippen molar-refractivity contribution < 1.29 is 8.42 Å². The molecule has 19 heavy (non-hydrogen) atoms. The molecule has 0 heterocycles. The first-order valence-corrected chi connectivity index (χ1v) is 7.38. The van der Waals surface area contributed by atoms with Crippen molar-refractivity contribution >= 4 is 21.7 Å². The standard InChI is InChI=1S/C15H15NO2S/c1-12(11-13-5-3-2-4-6-13)14-7-9-15(10-8-14)19(16,17)18/h2-11H,1H3,(H2,16,17,18). The van der Waals surface area contributed by atoms with Gasteiger partial charge in [0.2, 0.25) is 10.0 Å². The molecule has 0 unspecified atom stereocenters. The average molecular weight is 273 g/mol. The Hall–Kier alpha value is -1.91.